The summed E-state index contributed by atoms with van der Waals surface area (Å²) in [6.45, 7) is 4.70. The lowest BCUT2D eigenvalue weighted by Crippen LogP contribution is -2.03. The summed E-state index contributed by atoms with van der Waals surface area (Å²) >= 11 is 0. The van der Waals surface area contributed by atoms with Crippen molar-refractivity contribution in [2.75, 3.05) is 5.32 Å². The van der Waals surface area contributed by atoms with Crippen LogP contribution >= 0.6 is 0 Å². The van der Waals surface area contributed by atoms with Gasteiger partial charge in [-0.25, -0.2) is 0 Å². The summed E-state index contributed by atoms with van der Waals surface area (Å²) in [4.78, 5) is 4.64. The Hall–Kier alpha value is -2.36. The topological polar surface area (TPSA) is 53.6 Å². The van der Waals surface area contributed by atoms with E-state index in [4.69, 9.17) is 0 Å². The number of aromatic amines is 1. The number of fused-ring (bicyclic) bond motifs is 1. The van der Waals surface area contributed by atoms with E-state index in [1.54, 1.807) is 0 Å². The molecule has 2 heterocycles. The summed E-state index contributed by atoms with van der Waals surface area (Å²) in [6.07, 6.45) is 0. The van der Waals surface area contributed by atoms with Crippen LogP contribution < -0.4 is 5.32 Å². The van der Waals surface area contributed by atoms with Gasteiger partial charge in [-0.15, -0.1) is 0 Å². The van der Waals surface area contributed by atoms with E-state index in [0.717, 1.165) is 28.3 Å². The van der Waals surface area contributed by atoms with Crippen LogP contribution in [-0.4, -0.2) is 15.2 Å². The first-order valence-electron chi connectivity index (χ1n) is 6.34. The highest BCUT2D eigenvalue weighted by atomic mass is 15.1. The number of nitrogens with zero attached hydrogens (tertiary/aromatic N) is 2. The Labute approximate surface area is 111 Å². The molecule has 0 fully saturated rings. The Morgan fingerprint density at radius 1 is 1.11 bits per heavy atom. The predicted octanol–water partition coefficient (Wildman–Crippen LogP) is 3.19. The Bertz CT molecular complexity index is 695. The van der Waals surface area contributed by atoms with E-state index in [1.165, 1.54) is 5.39 Å². The van der Waals surface area contributed by atoms with Crippen molar-refractivity contribution >= 4 is 16.6 Å². The molecule has 4 nitrogen and oxygen atoms in total. The fraction of sp³-hybridized carbons (Fsp3) is 0.200. The van der Waals surface area contributed by atoms with Crippen molar-refractivity contribution in [3.8, 4) is 0 Å². The molecule has 3 aromatic rings. The molecule has 0 aliphatic heterocycles. The zero-order chi connectivity index (χ0) is 13.2. The summed E-state index contributed by atoms with van der Waals surface area (Å²) in [5, 5.41) is 11.7. The number of pyridine rings is 1. The Kier molecular flexibility index (Phi) is 2.91. The van der Waals surface area contributed by atoms with Crippen molar-refractivity contribution in [1.29, 1.82) is 0 Å². The second kappa shape index (κ2) is 4.72. The lowest BCUT2D eigenvalue weighted by atomic mass is 10.2. The lowest BCUT2D eigenvalue weighted by molar-refractivity contribution is 1.02. The van der Waals surface area contributed by atoms with Gasteiger partial charge in [0.1, 0.15) is 0 Å². The third-order valence-electron chi connectivity index (χ3n) is 3.23. The molecule has 0 saturated carbocycles. The number of H-pyrrole nitrogens is 1. The van der Waals surface area contributed by atoms with Crippen molar-refractivity contribution in [2.24, 2.45) is 0 Å². The molecule has 0 bridgehead atoms. The van der Waals surface area contributed by atoms with Gasteiger partial charge in [0, 0.05) is 5.39 Å². The van der Waals surface area contributed by atoms with Gasteiger partial charge < -0.3 is 5.32 Å². The summed E-state index contributed by atoms with van der Waals surface area (Å²) in [5.41, 5.74) is 5.16. The smallest absolute Gasteiger partial charge is 0.0825 e. The maximum absolute atomic E-state index is 4.64. The highest BCUT2D eigenvalue weighted by Crippen LogP contribution is 2.17. The second-order valence-corrected chi connectivity index (χ2v) is 4.66. The third kappa shape index (κ3) is 2.29. The van der Waals surface area contributed by atoms with Gasteiger partial charge in [0.15, 0.2) is 0 Å². The summed E-state index contributed by atoms with van der Waals surface area (Å²) < 4.78 is 0. The Morgan fingerprint density at radius 2 is 1.95 bits per heavy atom. The van der Waals surface area contributed by atoms with Crippen molar-refractivity contribution in [3.05, 3.63) is 53.5 Å². The summed E-state index contributed by atoms with van der Waals surface area (Å²) in [6, 6.07) is 12.3. The van der Waals surface area contributed by atoms with Crippen LogP contribution in [0.3, 0.4) is 0 Å². The molecule has 2 N–H and O–H groups in total. The minimum Gasteiger partial charge on any atom is -0.376 e. The Balaban J connectivity index is 1.82. The number of benzene rings is 1. The van der Waals surface area contributed by atoms with Crippen molar-refractivity contribution in [3.63, 3.8) is 0 Å². The molecule has 0 aliphatic carbocycles. The molecule has 96 valence electrons. The number of hydrogen-bond acceptors (Lipinski definition) is 3. The first kappa shape index (κ1) is 11.7. The average Bonchev–Trinajstić information content (AvgIpc) is 2.76. The average molecular weight is 252 g/mol. The largest absolute Gasteiger partial charge is 0.376 e. The normalized spacial score (nSPS) is 10.8. The van der Waals surface area contributed by atoms with Gasteiger partial charge in [0.2, 0.25) is 0 Å². The van der Waals surface area contributed by atoms with Crippen LogP contribution in [0.15, 0.2) is 36.4 Å². The number of para-hydroxylation sites is 1. The van der Waals surface area contributed by atoms with Crippen LogP contribution in [0, 0.1) is 13.8 Å². The third-order valence-corrected chi connectivity index (χ3v) is 3.23. The molecule has 0 unspecified atom stereocenters. The van der Waals surface area contributed by atoms with E-state index in [-0.39, 0.29) is 0 Å². The van der Waals surface area contributed by atoms with Crippen LogP contribution in [0.2, 0.25) is 0 Å². The number of aromatic nitrogens is 3. The molecule has 0 spiro atoms. The zero-order valence-electron chi connectivity index (χ0n) is 11.1. The van der Waals surface area contributed by atoms with Crippen LogP contribution in [0.25, 0.3) is 10.9 Å². The minimum absolute atomic E-state index is 0.700. The van der Waals surface area contributed by atoms with Crippen LogP contribution in [0.5, 0.6) is 0 Å². The molecule has 0 amide bonds. The van der Waals surface area contributed by atoms with E-state index in [1.807, 2.05) is 32.0 Å². The molecule has 2 aromatic heterocycles. The number of nitrogens with one attached hydrogen (secondary N) is 2. The second-order valence-electron chi connectivity index (χ2n) is 4.66. The van der Waals surface area contributed by atoms with Gasteiger partial charge >= 0.3 is 0 Å². The van der Waals surface area contributed by atoms with Gasteiger partial charge in [-0.1, -0.05) is 24.3 Å². The lowest BCUT2D eigenvalue weighted by Gasteiger charge is -2.07. The summed E-state index contributed by atoms with van der Waals surface area (Å²) in [5.74, 6) is 0. The van der Waals surface area contributed by atoms with E-state index in [9.17, 15) is 0 Å². The van der Waals surface area contributed by atoms with Gasteiger partial charge in [-0.2, -0.15) is 5.10 Å². The molecular weight excluding hydrogens is 236 g/mol. The first-order valence-corrected chi connectivity index (χ1v) is 6.34. The standard InChI is InChI=1S/C15H16N4/c1-10-15(11(2)19-18-10)16-9-13-8-7-12-5-3-4-6-14(12)17-13/h3-8,16H,9H2,1-2H3,(H,18,19). The van der Waals surface area contributed by atoms with Crippen molar-refractivity contribution in [2.45, 2.75) is 20.4 Å². The number of anilines is 1. The highest BCUT2D eigenvalue weighted by molar-refractivity contribution is 5.78. The Morgan fingerprint density at radius 3 is 2.74 bits per heavy atom. The molecule has 0 radical (unpaired) electrons. The summed E-state index contributed by atoms with van der Waals surface area (Å²) in [7, 11) is 0. The number of hydrogen-bond donors (Lipinski definition) is 2. The van der Waals surface area contributed by atoms with E-state index in [2.05, 4.69) is 38.7 Å². The van der Waals surface area contributed by atoms with E-state index < -0.39 is 0 Å². The van der Waals surface area contributed by atoms with Gasteiger partial charge in [0.25, 0.3) is 0 Å². The molecule has 1 aromatic carbocycles. The van der Waals surface area contributed by atoms with Crippen LogP contribution in [0.4, 0.5) is 5.69 Å². The van der Waals surface area contributed by atoms with Gasteiger partial charge in [0.05, 0.1) is 34.8 Å². The fourth-order valence-electron chi connectivity index (χ4n) is 2.20. The number of rotatable bonds is 3. The van der Waals surface area contributed by atoms with E-state index in [0.29, 0.717) is 6.54 Å². The molecule has 0 saturated heterocycles. The van der Waals surface area contributed by atoms with Crippen LogP contribution in [-0.2, 0) is 6.54 Å². The van der Waals surface area contributed by atoms with Crippen molar-refractivity contribution in [1.82, 2.24) is 15.2 Å². The highest BCUT2D eigenvalue weighted by Gasteiger charge is 2.05. The maximum atomic E-state index is 4.64. The van der Waals surface area contributed by atoms with Crippen molar-refractivity contribution < 1.29 is 0 Å². The molecular formula is C15H16N4. The van der Waals surface area contributed by atoms with Gasteiger partial charge in [-0.3, -0.25) is 10.1 Å². The SMILES string of the molecule is Cc1n[nH]c(C)c1NCc1ccc2ccccc2n1. The monoisotopic (exact) mass is 252 g/mol. The fourth-order valence-corrected chi connectivity index (χ4v) is 2.20. The molecule has 4 heteroatoms. The molecule has 0 aliphatic rings. The zero-order valence-corrected chi connectivity index (χ0v) is 11.1. The molecule has 0 atom stereocenters. The predicted molar refractivity (Wildman–Crippen MR) is 77.1 cm³/mol. The molecule has 19 heavy (non-hydrogen) atoms. The first-order chi connectivity index (χ1) is 9.24. The van der Waals surface area contributed by atoms with Crippen LogP contribution in [0.1, 0.15) is 17.1 Å². The number of aryl methyl sites for hydroxylation is 2. The van der Waals surface area contributed by atoms with E-state index >= 15 is 0 Å². The van der Waals surface area contributed by atoms with Gasteiger partial charge in [-0.05, 0) is 26.0 Å². The minimum atomic E-state index is 0.700. The maximum Gasteiger partial charge on any atom is 0.0825 e. The quantitative estimate of drug-likeness (QED) is 0.752. The molecule has 3 rings (SSSR count).